The molecule has 0 amide bonds. The maximum atomic E-state index is 8.74. The third-order valence-corrected chi connectivity index (χ3v) is 0. The van der Waals surface area contributed by atoms with Gasteiger partial charge in [-0.05, 0) is 0 Å². The fraction of sp³-hybridized carbons (Fsp3) is 0. The quantitative estimate of drug-likeness (QED) is 0.372. The van der Waals surface area contributed by atoms with Crippen molar-refractivity contribution in [3.8, 4) is 0 Å². The van der Waals surface area contributed by atoms with Crippen LogP contribution in [-0.4, -0.2) is 34.2 Å². The van der Waals surface area contributed by atoms with E-state index in [1.807, 2.05) is 0 Å². The molecule has 1 radical (unpaired) electrons. The van der Waals surface area contributed by atoms with Crippen molar-refractivity contribution in [2.45, 2.75) is 0 Å². The molecule has 5 heavy (non-hydrogen) atoms. The Bertz CT molecular complexity index is 29.9. The summed E-state index contributed by atoms with van der Waals surface area (Å²) < 4.78 is 8.74. The van der Waals surface area contributed by atoms with Gasteiger partial charge in [0.1, 0.15) is 0 Å². The van der Waals surface area contributed by atoms with Crippen LogP contribution in [-0.2, 0) is 4.57 Å². The summed E-state index contributed by atoms with van der Waals surface area (Å²) in [4.78, 5) is 14.3. The minimum atomic E-state index is -3.13. The van der Waals surface area contributed by atoms with Crippen LogP contribution in [0.3, 0.4) is 0 Å². The van der Waals surface area contributed by atoms with Crippen LogP contribution in [0.25, 0.3) is 0 Å². The Morgan fingerprint density at radius 3 is 1.40 bits per heavy atom. The van der Waals surface area contributed by atoms with Crippen LogP contribution in [0, 0.1) is 0 Å². The molecule has 0 saturated carbocycles. The molecule has 5 heteroatoms. The monoisotopic (exact) mass is 205 g/mol. The fourth-order valence-electron chi connectivity index (χ4n) is 0. The average molecular weight is 206 g/mol. The molecular formula is H5O3PSb. The van der Waals surface area contributed by atoms with Gasteiger partial charge in [0.2, 0.25) is 0 Å². The van der Waals surface area contributed by atoms with Crippen LogP contribution in [0.4, 0.5) is 0 Å². The maximum absolute atomic E-state index is 8.74. The Kier molecular flexibility index (Phi) is 9.30. The molecule has 0 aromatic rings. The molecule has 0 spiro atoms. The van der Waals surface area contributed by atoms with Crippen LogP contribution in [0.1, 0.15) is 0 Å². The topological polar surface area (TPSA) is 57.5 Å². The van der Waals surface area contributed by atoms with Crippen molar-refractivity contribution in [2.24, 2.45) is 0 Å². The number of rotatable bonds is 0. The van der Waals surface area contributed by atoms with Crippen LogP contribution >= 0.6 is 8.25 Å². The molecule has 0 aliphatic heterocycles. The van der Waals surface area contributed by atoms with Crippen molar-refractivity contribution in [1.82, 2.24) is 0 Å². The molecule has 0 unspecified atom stereocenters. The summed E-state index contributed by atoms with van der Waals surface area (Å²) in [7, 11) is -3.13. The van der Waals surface area contributed by atoms with Crippen molar-refractivity contribution < 1.29 is 14.4 Å². The molecule has 0 aliphatic carbocycles. The first-order valence-electron chi connectivity index (χ1n) is 0.651. The molecule has 0 aromatic carbocycles. The normalized spacial score (nSPS) is 7.00. The standard InChI is InChI=1S/H3O3P.Sb.2H/c1-4(2)3;;;/h4H,(H2,1,2,3);;;. The molecule has 33 valence electrons. The third-order valence-electron chi connectivity index (χ3n) is 0. The van der Waals surface area contributed by atoms with E-state index in [1.165, 1.54) is 0 Å². The minimum absolute atomic E-state index is 0. The number of hydrogen-bond donors (Lipinski definition) is 2. The van der Waals surface area contributed by atoms with E-state index in [4.69, 9.17) is 14.4 Å². The van der Waals surface area contributed by atoms with Crippen molar-refractivity contribution in [3.05, 3.63) is 0 Å². The van der Waals surface area contributed by atoms with Gasteiger partial charge in [0.25, 0.3) is 0 Å². The second-order valence-corrected chi connectivity index (χ2v) is 0.848. The zero-order chi connectivity index (χ0) is 3.58. The molecule has 0 atom stereocenters. The van der Waals surface area contributed by atoms with E-state index in [0.717, 1.165) is 0 Å². The predicted molar refractivity (Wildman–Crippen MR) is 22.0 cm³/mol. The first-order valence-corrected chi connectivity index (χ1v) is 1.95. The summed E-state index contributed by atoms with van der Waals surface area (Å²) in [6.45, 7) is 0. The summed E-state index contributed by atoms with van der Waals surface area (Å²) in [6.07, 6.45) is 0. The molecule has 0 fully saturated rings. The molecule has 2 N–H and O–H groups in total. The average Bonchev–Trinajstić information content (AvgIpc) is 0.811. The van der Waals surface area contributed by atoms with Gasteiger partial charge < -0.3 is 9.79 Å². The van der Waals surface area contributed by atoms with E-state index in [-0.39, 0.29) is 24.4 Å². The predicted octanol–water partition coefficient (Wildman–Crippen LogP) is -1.56. The van der Waals surface area contributed by atoms with Crippen LogP contribution < -0.4 is 0 Å². The van der Waals surface area contributed by atoms with Gasteiger partial charge in [0.15, 0.2) is 0 Å². The Morgan fingerprint density at radius 2 is 1.40 bits per heavy atom. The molecule has 0 aliphatic rings. The fourth-order valence-corrected chi connectivity index (χ4v) is 0. The summed E-state index contributed by atoms with van der Waals surface area (Å²) in [5.74, 6) is 0. The van der Waals surface area contributed by atoms with E-state index >= 15 is 0 Å². The summed E-state index contributed by atoms with van der Waals surface area (Å²) in [6, 6.07) is 0. The van der Waals surface area contributed by atoms with Gasteiger partial charge in [-0.25, -0.2) is 0 Å². The van der Waals surface area contributed by atoms with Gasteiger partial charge in [0.05, 0.1) is 0 Å². The Hall–Kier alpha value is 0.968. The summed E-state index contributed by atoms with van der Waals surface area (Å²) >= 11 is 0. The molecule has 0 bridgehead atoms. The van der Waals surface area contributed by atoms with E-state index in [1.54, 1.807) is 0 Å². The molecule has 0 saturated heterocycles. The van der Waals surface area contributed by atoms with Crippen molar-refractivity contribution in [3.63, 3.8) is 0 Å². The van der Waals surface area contributed by atoms with Crippen molar-refractivity contribution >= 4 is 32.7 Å². The van der Waals surface area contributed by atoms with Crippen molar-refractivity contribution in [1.29, 1.82) is 0 Å². The molecule has 3 nitrogen and oxygen atoms in total. The van der Waals surface area contributed by atoms with Gasteiger partial charge >= 0.3 is 32.7 Å². The van der Waals surface area contributed by atoms with Crippen LogP contribution in [0.15, 0.2) is 0 Å². The molecule has 0 rings (SSSR count). The molecule has 0 aromatic heterocycles. The van der Waals surface area contributed by atoms with Gasteiger partial charge in [-0.1, -0.05) is 0 Å². The van der Waals surface area contributed by atoms with E-state index in [9.17, 15) is 0 Å². The van der Waals surface area contributed by atoms with Gasteiger partial charge in [-0.3, -0.25) is 4.57 Å². The first kappa shape index (κ1) is 9.36. The molecular weight excluding hydrogens is 201 g/mol. The van der Waals surface area contributed by atoms with Crippen molar-refractivity contribution in [2.75, 3.05) is 0 Å². The van der Waals surface area contributed by atoms with E-state index < -0.39 is 8.25 Å². The van der Waals surface area contributed by atoms with Crippen LogP contribution in [0.5, 0.6) is 0 Å². The Morgan fingerprint density at radius 1 is 1.40 bits per heavy atom. The Labute approximate surface area is 47.4 Å². The van der Waals surface area contributed by atoms with E-state index in [2.05, 4.69) is 0 Å². The first-order chi connectivity index (χ1) is 1.73. The third kappa shape index (κ3) is 46.7. The Balaban J connectivity index is 0. The summed E-state index contributed by atoms with van der Waals surface area (Å²) in [5.41, 5.74) is 0. The SMILES string of the molecule is O=[PH](O)O.[SbH2]. The molecule has 0 heterocycles. The zero-order valence-corrected chi connectivity index (χ0v) is 6.68. The summed E-state index contributed by atoms with van der Waals surface area (Å²) in [5, 5.41) is 0. The second-order valence-electron chi connectivity index (χ2n) is 0.283. The van der Waals surface area contributed by atoms with Gasteiger partial charge in [-0.2, -0.15) is 0 Å². The van der Waals surface area contributed by atoms with E-state index in [0.29, 0.717) is 0 Å². The number of hydrogen-bond acceptors (Lipinski definition) is 1. The van der Waals surface area contributed by atoms with Crippen LogP contribution in [0.2, 0.25) is 0 Å². The zero-order valence-electron chi connectivity index (χ0n) is 2.38. The van der Waals surface area contributed by atoms with Gasteiger partial charge in [0, 0.05) is 0 Å². The van der Waals surface area contributed by atoms with Gasteiger partial charge in [-0.15, -0.1) is 0 Å². The second kappa shape index (κ2) is 4.97.